The van der Waals surface area contributed by atoms with E-state index < -0.39 is 0 Å². The SMILES string of the molecule is CN1CCN(C2CCc3[nH]n(-c4ncco4)c(=O)c3C2)CC1. The molecule has 2 aliphatic rings. The number of rotatable bonds is 2. The molecular formula is C15H21N5O2. The second kappa shape index (κ2) is 5.40. The summed E-state index contributed by atoms with van der Waals surface area (Å²) in [7, 11) is 2.16. The fourth-order valence-electron chi connectivity index (χ4n) is 3.54. The van der Waals surface area contributed by atoms with Crippen LogP contribution in [0, 0.1) is 0 Å². The van der Waals surface area contributed by atoms with Crippen molar-refractivity contribution >= 4 is 0 Å². The Labute approximate surface area is 128 Å². The number of aryl methyl sites for hydroxylation is 1. The van der Waals surface area contributed by atoms with E-state index in [1.807, 2.05) is 0 Å². The number of H-pyrrole nitrogens is 1. The second-order valence-electron chi connectivity index (χ2n) is 6.26. The normalized spacial score (nSPS) is 23.6. The number of nitrogens with zero attached hydrogens (tertiary/aromatic N) is 4. The number of aromatic amines is 1. The molecule has 2 aromatic rings. The van der Waals surface area contributed by atoms with E-state index in [2.05, 4.69) is 26.9 Å². The van der Waals surface area contributed by atoms with Crippen molar-refractivity contribution in [1.29, 1.82) is 0 Å². The quantitative estimate of drug-likeness (QED) is 0.862. The van der Waals surface area contributed by atoms with Crippen LogP contribution in [0.15, 0.2) is 21.7 Å². The van der Waals surface area contributed by atoms with Gasteiger partial charge >= 0.3 is 6.01 Å². The molecule has 1 aliphatic carbocycles. The van der Waals surface area contributed by atoms with Gasteiger partial charge in [-0.05, 0) is 26.3 Å². The highest BCUT2D eigenvalue weighted by Crippen LogP contribution is 2.22. The minimum atomic E-state index is -0.0173. The molecule has 0 radical (unpaired) electrons. The van der Waals surface area contributed by atoms with Crippen molar-refractivity contribution in [3.63, 3.8) is 0 Å². The van der Waals surface area contributed by atoms with E-state index in [-0.39, 0.29) is 5.56 Å². The predicted molar refractivity (Wildman–Crippen MR) is 81.3 cm³/mol. The molecule has 1 aliphatic heterocycles. The monoisotopic (exact) mass is 303 g/mol. The van der Waals surface area contributed by atoms with Crippen LogP contribution in [-0.2, 0) is 12.8 Å². The molecule has 7 nitrogen and oxygen atoms in total. The minimum absolute atomic E-state index is 0.0173. The molecular weight excluding hydrogens is 282 g/mol. The lowest BCUT2D eigenvalue weighted by molar-refractivity contribution is 0.103. The van der Waals surface area contributed by atoms with Crippen molar-refractivity contribution in [3.8, 4) is 6.01 Å². The number of hydrogen-bond acceptors (Lipinski definition) is 5. The molecule has 1 N–H and O–H groups in total. The third-order valence-corrected chi connectivity index (χ3v) is 4.90. The summed E-state index contributed by atoms with van der Waals surface area (Å²) in [4.78, 5) is 21.5. The first-order valence-corrected chi connectivity index (χ1v) is 7.87. The topological polar surface area (TPSA) is 70.3 Å². The summed E-state index contributed by atoms with van der Waals surface area (Å²) in [6, 6.07) is 0.790. The summed E-state index contributed by atoms with van der Waals surface area (Å²) >= 11 is 0. The van der Waals surface area contributed by atoms with Crippen molar-refractivity contribution in [2.45, 2.75) is 25.3 Å². The van der Waals surface area contributed by atoms with Crippen LogP contribution >= 0.6 is 0 Å². The Hall–Kier alpha value is -1.86. The highest BCUT2D eigenvalue weighted by Gasteiger charge is 2.30. The van der Waals surface area contributed by atoms with Crippen LogP contribution in [0.25, 0.3) is 6.01 Å². The number of oxazole rings is 1. The van der Waals surface area contributed by atoms with Gasteiger partial charge in [0.1, 0.15) is 6.26 Å². The average Bonchev–Trinajstić information content (AvgIpc) is 3.16. The lowest BCUT2D eigenvalue weighted by Gasteiger charge is -2.39. The van der Waals surface area contributed by atoms with Gasteiger partial charge < -0.3 is 9.32 Å². The van der Waals surface area contributed by atoms with Gasteiger partial charge in [0, 0.05) is 43.5 Å². The summed E-state index contributed by atoms with van der Waals surface area (Å²) in [6.45, 7) is 4.40. The highest BCUT2D eigenvalue weighted by molar-refractivity contribution is 5.25. The highest BCUT2D eigenvalue weighted by atomic mass is 16.4. The van der Waals surface area contributed by atoms with Gasteiger partial charge in [0.15, 0.2) is 0 Å². The Balaban J connectivity index is 1.57. The number of aromatic nitrogens is 3. The van der Waals surface area contributed by atoms with Crippen LogP contribution in [-0.4, -0.2) is 63.8 Å². The molecule has 1 atom stereocenters. The van der Waals surface area contributed by atoms with Gasteiger partial charge in [-0.3, -0.25) is 14.8 Å². The first kappa shape index (κ1) is 13.8. The van der Waals surface area contributed by atoms with Crippen molar-refractivity contribution < 1.29 is 4.42 Å². The van der Waals surface area contributed by atoms with Gasteiger partial charge in [-0.25, -0.2) is 4.98 Å². The van der Waals surface area contributed by atoms with Gasteiger partial charge in [-0.1, -0.05) is 0 Å². The molecule has 0 spiro atoms. The fraction of sp³-hybridized carbons (Fsp3) is 0.600. The summed E-state index contributed by atoms with van der Waals surface area (Å²) in [6.07, 6.45) is 5.86. The maximum Gasteiger partial charge on any atom is 0.324 e. The largest absolute Gasteiger partial charge is 0.431 e. The third kappa shape index (κ3) is 2.30. The van der Waals surface area contributed by atoms with Crippen LogP contribution in [0.3, 0.4) is 0 Å². The van der Waals surface area contributed by atoms with E-state index in [1.165, 1.54) is 10.9 Å². The standard InChI is InChI=1S/C15H21N5O2/c1-18-5-7-19(8-6-18)11-2-3-13-12(10-11)14(21)20(17-13)15-16-4-9-22-15/h4,9,11,17H,2-3,5-8,10H2,1H3. The molecule has 1 fully saturated rings. The molecule has 118 valence electrons. The minimum Gasteiger partial charge on any atom is -0.431 e. The van der Waals surface area contributed by atoms with E-state index in [9.17, 15) is 4.79 Å². The number of nitrogens with one attached hydrogen (secondary N) is 1. The zero-order valence-electron chi connectivity index (χ0n) is 12.8. The Morgan fingerprint density at radius 3 is 2.86 bits per heavy atom. The number of likely N-dealkylation sites (N-methyl/N-ethyl adjacent to an activating group) is 1. The number of fused-ring (bicyclic) bond motifs is 1. The van der Waals surface area contributed by atoms with Crippen molar-refractivity contribution in [1.82, 2.24) is 24.6 Å². The molecule has 1 unspecified atom stereocenters. The molecule has 0 saturated carbocycles. The van der Waals surface area contributed by atoms with E-state index >= 15 is 0 Å². The second-order valence-corrected chi connectivity index (χ2v) is 6.26. The molecule has 22 heavy (non-hydrogen) atoms. The van der Waals surface area contributed by atoms with Gasteiger partial charge in [0.25, 0.3) is 5.56 Å². The first-order valence-electron chi connectivity index (χ1n) is 7.87. The summed E-state index contributed by atoms with van der Waals surface area (Å²) in [5, 5.41) is 3.16. The Bertz CT molecular complexity index is 694. The van der Waals surface area contributed by atoms with E-state index in [0.717, 1.165) is 56.7 Å². The lowest BCUT2D eigenvalue weighted by Crippen LogP contribution is -2.50. The van der Waals surface area contributed by atoms with Crippen molar-refractivity contribution in [2.24, 2.45) is 0 Å². The van der Waals surface area contributed by atoms with Gasteiger partial charge in [-0.2, -0.15) is 4.68 Å². The molecule has 3 heterocycles. The van der Waals surface area contributed by atoms with Crippen LogP contribution in [0.4, 0.5) is 0 Å². The zero-order chi connectivity index (χ0) is 15.1. The number of piperazine rings is 1. The summed E-state index contributed by atoms with van der Waals surface area (Å²) < 4.78 is 6.67. The van der Waals surface area contributed by atoms with Crippen LogP contribution in [0.5, 0.6) is 0 Å². The van der Waals surface area contributed by atoms with Crippen molar-refractivity contribution in [3.05, 3.63) is 34.1 Å². The molecule has 0 bridgehead atoms. The smallest absolute Gasteiger partial charge is 0.324 e. The molecule has 0 amide bonds. The Morgan fingerprint density at radius 1 is 1.32 bits per heavy atom. The summed E-state index contributed by atoms with van der Waals surface area (Å²) in [5.74, 6) is 0. The van der Waals surface area contributed by atoms with Gasteiger partial charge in [0.05, 0.1) is 6.20 Å². The maximum atomic E-state index is 12.6. The maximum absolute atomic E-state index is 12.6. The van der Waals surface area contributed by atoms with E-state index in [4.69, 9.17) is 4.42 Å². The fourth-order valence-corrected chi connectivity index (χ4v) is 3.54. The third-order valence-electron chi connectivity index (χ3n) is 4.90. The Morgan fingerprint density at radius 2 is 2.14 bits per heavy atom. The van der Waals surface area contributed by atoms with Crippen LogP contribution < -0.4 is 5.56 Å². The summed E-state index contributed by atoms with van der Waals surface area (Å²) in [5.41, 5.74) is 1.92. The van der Waals surface area contributed by atoms with Crippen LogP contribution in [0.1, 0.15) is 17.7 Å². The molecule has 4 rings (SSSR count). The Kier molecular flexibility index (Phi) is 3.38. The van der Waals surface area contributed by atoms with Crippen LogP contribution in [0.2, 0.25) is 0 Å². The predicted octanol–water partition coefficient (Wildman–Crippen LogP) is 0.258. The number of hydrogen-bond donors (Lipinski definition) is 1. The first-order chi connectivity index (χ1) is 10.7. The van der Waals surface area contributed by atoms with E-state index in [1.54, 1.807) is 6.20 Å². The molecule has 7 heteroatoms. The zero-order valence-corrected chi connectivity index (χ0v) is 12.8. The van der Waals surface area contributed by atoms with Gasteiger partial charge in [-0.15, -0.1) is 0 Å². The lowest BCUT2D eigenvalue weighted by atomic mass is 9.92. The molecule has 2 aromatic heterocycles. The van der Waals surface area contributed by atoms with Gasteiger partial charge in [0.2, 0.25) is 0 Å². The average molecular weight is 303 g/mol. The van der Waals surface area contributed by atoms with Crippen molar-refractivity contribution in [2.75, 3.05) is 33.2 Å². The molecule has 1 saturated heterocycles. The molecule has 0 aromatic carbocycles. The van der Waals surface area contributed by atoms with E-state index in [0.29, 0.717) is 12.1 Å².